The van der Waals surface area contributed by atoms with Crippen LogP contribution < -0.4 is 4.18 Å². The molecule has 198 valence electrons. The maximum Gasteiger partial charge on any atom is 0.534 e. The van der Waals surface area contributed by atoms with Crippen LogP contribution in [0.5, 0.6) is 5.75 Å². The van der Waals surface area contributed by atoms with E-state index in [1.165, 1.54) is 12.1 Å². The molecular weight excluding hydrogens is 539 g/mol. The Morgan fingerprint density at radius 3 is 2.20 bits per heavy atom. The van der Waals surface area contributed by atoms with Crippen LogP contribution in [0.2, 0.25) is 0 Å². The van der Waals surface area contributed by atoms with Crippen molar-refractivity contribution in [3.8, 4) is 22.6 Å². The highest BCUT2D eigenvalue weighted by molar-refractivity contribution is 7.88. The Hall–Kier alpha value is -4.76. The van der Waals surface area contributed by atoms with Gasteiger partial charge in [-0.2, -0.15) is 21.6 Å². The van der Waals surface area contributed by atoms with Crippen molar-refractivity contribution in [2.45, 2.75) is 5.51 Å². The van der Waals surface area contributed by atoms with Crippen molar-refractivity contribution in [1.82, 2.24) is 4.57 Å². The summed E-state index contributed by atoms with van der Waals surface area (Å²) in [6, 6.07) is 33.6. The third-order valence-corrected chi connectivity index (χ3v) is 7.93. The Bertz CT molecular complexity index is 2200. The minimum atomic E-state index is -5.86. The minimum Gasteiger partial charge on any atom is -0.455 e. The lowest BCUT2D eigenvalue weighted by molar-refractivity contribution is -0.0499. The average Bonchev–Trinajstić information content (AvgIpc) is 3.49. The van der Waals surface area contributed by atoms with Crippen LogP contribution in [0.25, 0.3) is 60.6 Å². The molecule has 0 aliphatic rings. The Morgan fingerprint density at radius 1 is 0.700 bits per heavy atom. The van der Waals surface area contributed by atoms with Crippen LogP contribution >= 0.6 is 0 Å². The van der Waals surface area contributed by atoms with Gasteiger partial charge in [0.2, 0.25) is 0 Å². The summed E-state index contributed by atoms with van der Waals surface area (Å²) in [6.45, 7) is 0. The van der Waals surface area contributed by atoms with Crippen molar-refractivity contribution >= 4 is 53.9 Å². The van der Waals surface area contributed by atoms with Gasteiger partial charge in [0.15, 0.2) is 5.75 Å². The van der Waals surface area contributed by atoms with E-state index in [1.54, 1.807) is 18.2 Å². The number of hydrogen-bond donors (Lipinski definition) is 0. The molecule has 0 unspecified atom stereocenters. The number of alkyl halides is 3. The fourth-order valence-corrected chi connectivity index (χ4v) is 5.74. The van der Waals surface area contributed by atoms with Crippen molar-refractivity contribution in [1.29, 1.82) is 0 Å². The molecule has 9 heteroatoms. The van der Waals surface area contributed by atoms with E-state index >= 15 is 0 Å². The molecule has 0 fully saturated rings. The summed E-state index contributed by atoms with van der Waals surface area (Å²) in [5.74, 6) is -0.452. The van der Waals surface area contributed by atoms with Gasteiger partial charge in [-0.15, -0.1) is 0 Å². The summed E-state index contributed by atoms with van der Waals surface area (Å²) < 4.78 is 75.5. The van der Waals surface area contributed by atoms with Crippen LogP contribution in [-0.2, 0) is 10.1 Å². The van der Waals surface area contributed by atoms with E-state index in [0.717, 1.165) is 33.1 Å². The first-order valence-electron chi connectivity index (χ1n) is 12.3. The first-order chi connectivity index (χ1) is 19.2. The fraction of sp³-hybridized carbons (Fsp3) is 0.0323. The maximum atomic E-state index is 13.1. The molecule has 5 nitrogen and oxygen atoms in total. The highest BCUT2D eigenvalue weighted by Crippen LogP contribution is 2.42. The van der Waals surface area contributed by atoms with Gasteiger partial charge in [0.1, 0.15) is 11.2 Å². The van der Waals surface area contributed by atoms with Crippen LogP contribution in [-0.4, -0.2) is 18.5 Å². The number of hydrogen-bond acceptors (Lipinski definition) is 4. The van der Waals surface area contributed by atoms with Crippen molar-refractivity contribution in [2.24, 2.45) is 0 Å². The Morgan fingerprint density at radius 2 is 1.40 bits per heavy atom. The molecule has 0 bridgehead atoms. The molecule has 5 aromatic carbocycles. The van der Waals surface area contributed by atoms with Gasteiger partial charge in [0.05, 0.1) is 16.4 Å². The second-order valence-corrected chi connectivity index (χ2v) is 10.9. The van der Waals surface area contributed by atoms with Gasteiger partial charge in [-0.05, 0) is 48.0 Å². The quantitative estimate of drug-likeness (QED) is 0.161. The zero-order chi connectivity index (χ0) is 27.6. The van der Waals surface area contributed by atoms with Gasteiger partial charge in [0, 0.05) is 27.4 Å². The number of para-hydroxylation sites is 3. The molecule has 0 radical (unpaired) electrons. The van der Waals surface area contributed by atoms with Gasteiger partial charge in [0.25, 0.3) is 0 Å². The molecular formula is C31H18F3NO4S. The fourth-order valence-electron chi connectivity index (χ4n) is 5.27. The van der Waals surface area contributed by atoms with E-state index in [4.69, 9.17) is 4.42 Å². The van der Waals surface area contributed by atoms with E-state index in [-0.39, 0.29) is 11.0 Å². The average molecular weight is 558 g/mol. The second kappa shape index (κ2) is 8.62. The van der Waals surface area contributed by atoms with Gasteiger partial charge >= 0.3 is 15.6 Å². The zero-order valence-corrected chi connectivity index (χ0v) is 21.3. The molecule has 0 amide bonds. The molecule has 0 saturated carbocycles. The SMILES string of the molecule is O=S(=O)(Oc1cccc2oc3c(-c4ccc5c(c4)c4ccccc4n5-c4ccccc4)cccc3c12)C(F)(F)F. The molecule has 7 rings (SSSR count). The van der Waals surface area contributed by atoms with E-state index < -0.39 is 21.4 Å². The van der Waals surface area contributed by atoms with Gasteiger partial charge in [-0.25, -0.2) is 0 Å². The van der Waals surface area contributed by atoms with Crippen molar-refractivity contribution in [3.63, 3.8) is 0 Å². The molecule has 0 atom stereocenters. The third-order valence-electron chi connectivity index (χ3n) is 6.97. The highest BCUT2D eigenvalue weighted by Gasteiger charge is 2.48. The second-order valence-electron chi connectivity index (χ2n) is 9.32. The van der Waals surface area contributed by atoms with Crippen molar-refractivity contribution in [3.05, 3.63) is 109 Å². The van der Waals surface area contributed by atoms with Crippen LogP contribution in [0.15, 0.2) is 114 Å². The van der Waals surface area contributed by atoms with E-state index in [2.05, 4.69) is 26.9 Å². The molecule has 0 aliphatic heterocycles. The molecule has 0 saturated heterocycles. The summed E-state index contributed by atoms with van der Waals surface area (Å²) in [4.78, 5) is 0. The lowest BCUT2D eigenvalue weighted by atomic mass is 10.00. The van der Waals surface area contributed by atoms with Crippen molar-refractivity contribution < 1.29 is 30.2 Å². The monoisotopic (exact) mass is 557 g/mol. The number of aromatic nitrogens is 1. The number of fused-ring (bicyclic) bond motifs is 6. The topological polar surface area (TPSA) is 61.4 Å². The summed E-state index contributed by atoms with van der Waals surface area (Å²) in [5.41, 5.74) is -0.314. The largest absolute Gasteiger partial charge is 0.534 e. The van der Waals surface area contributed by atoms with Crippen LogP contribution in [0.3, 0.4) is 0 Å². The summed E-state index contributed by atoms with van der Waals surface area (Å²) in [5, 5.41) is 2.67. The van der Waals surface area contributed by atoms with E-state index in [0.29, 0.717) is 16.5 Å². The Balaban J connectivity index is 1.44. The highest BCUT2D eigenvalue weighted by atomic mass is 32.2. The van der Waals surface area contributed by atoms with Crippen LogP contribution in [0.1, 0.15) is 0 Å². The number of rotatable bonds is 4. The third kappa shape index (κ3) is 3.65. The van der Waals surface area contributed by atoms with Gasteiger partial charge in [-0.3, -0.25) is 0 Å². The minimum absolute atomic E-state index is 0.147. The number of benzene rings is 5. The molecule has 0 N–H and O–H groups in total. The van der Waals surface area contributed by atoms with E-state index in [1.807, 2.05) is 60.7 Å². The van der Waals surface area contributed by atoms with Crippen molar-refractivity contribution in [2.75, 3.05) is 0 Å². The summed E-state index contributed by atoms with van der Waals surface area (Å²) in [6.07, 6.45) is 0. The zero-order valence-electron chi connectivity index (χ0n) is 20.5. The smallest absolute Gasteiger partial charge is 0.455 e. The molecule has 0 spiro atoms. The Kier molecular flexibility index (Phi) is 5.24. The first kappa shape index (κ1) is 24.3. The maximum absolute atomic E-state index is 13.1. The number of nitrogens with zero attached hydrogens (tertiary/aromatic N) is 1. The normalized spacial score (nSPS) is 12.6. The Labute approximate surface area is 225 Å². The van der Waals surface area contributed by atoms with Gasteiger partial charge < -0.3 is 13.2 Å². The molecule has 2 heterocycles. The lowest BCUT2D eigenvalue weighted by Crippen LogP contribution is -2.28. The van der Waals surface area contributed by atoms with Gasteiger partial charge in [-0.1, -0.05) is 66.7 Å². The molecule has 7 aromatic rings. The number of halogens is 3. The van der Waals surface area contributed by atoms with Crippen LogP contribution in [0, 0.1) is 0 Å². The first-order valence-corrected chi connectivity index (χ1v) is 13.7. The molecule has 0 aliphatic carbocycles. The summed E-state index contributed by atoms with van der Waals surface area (Å²) in [7, 11) is -5.86. The standard InChI is InChI=1S/C31H18F3NO4S/c32-31(33,34)40(36,37)39-28-15-7-14-27-29(28)23-12-6-11-21(30(23)38-27)19-16-17-26-24(18-19)22-10-4-5-13-25(22)35(26)20-8-2-1-3-9-20/h1-18H. The number of furan rings is 1. The summed E-state index contributed by atoms with van der Waals surface area (Å²) >= 11 is 0. The van der Waals surface area contributed by atoms with Crippen LogP contribution in [0.4, 0.5) is 13.2 Å². The van der Waals surface area contributed by atoms with E-state index in [9.17, 15) is 21.6 Å². The predicted molar refractivity (Wildman–Crippen MR) is 149 cm³/mol. The lowest BCUT2D eigenvalue weighted by Gasteiger charge is -2.10. The molecule has 2 aromatic heterocycles. The predicted octanol–water partition coefficient (Wildman–Crippen LogP) is 8.58. The molecule has 40 heavy (non-hydrogen) atoms.